The van der Waals surface area contributed by atoms with Crippen molar-refractivity contribution in [3.63, 3.8) is 0 Å². The molecule has 0 bridgehead atoms. The summed E-state index contributed by atoms with van der Waals surface area (Å²) in [6.45, 7) is 1.74. The van der Waals surface area contributed by atoms with Crippen LogP contribution in [0.15, 0.2) is 18.3 Å². The summed E-state index contributed by atoms with van der Waals surface area (Å²) in [6, 6.07) is 2.00. The molecule has 2 atom stereocenters. The molecule has 0 aromatic carbocycles. The van der Waals surface area contributed by atoms with Gasteiger partial charge in [-0.05, 0) is 64.4 Å². The Morgan fingerprint density at radius 2 is 1.93 bits per heavy atom. The highest BCUT2D eigenvalue weighted by atomic mass is 19.4. The van der Waals surface area contributed by atoms with Crippen molar-refractivity contribution in [2.45, 2.75) is 87.7 Å². The number of rotatable bonds is 8. The molecule has 10 nitrogen and oxygen atoms in total. The van der Waals surface area contributed by atoms with Crippen molar-refractivity contribution in [3.05, 3.63) is 29.8 Å². The number of nitrogens with two attached hydrogens (primary N) is 1. The first kappa shape index (κ1) is 30.2. The molecular weight excluding hydrogens is 560 g/mol. The number of aromatic nitrogens is 3. The number of hydrogen-bond donors (Lipinski definition) is 3. The van der Waals surface area contributed by atoms with Crippen molar-refractivity contribution in [1.82, 2.24) is 25.4 Å². The second-order valence-electron chi connectivity index (χ2n) is 11.8. The number of carbonyl (C=O) groups excluding carboxylic acids is 2. The van der Waals surface area contributed by atoms with Crippen LogP contribution in [0.4, 0.5) is 17.6 Å². The predicted octanol–water partition coefficient (Wildman–Crippen LogP) is 3.73. The molecule has 3 heterocycles. The first-order chi connectivity index (χ1) is 19.9. The number of alkyl halides is 3. The Kier molecular flexibility index (Phi) is 8.23. The third-order valence-electron chi connectivity index (χ3n) is 8.75. The van der Waals surface area contributed by atoms with Crippen LogP contribution in [0.5, 0.6) is 5.88 Å². The van der Waals surface area contributed by atoms with Crippen LogP contribution in [-0.4, -0.2) is 81.6 Å². The zero-order valence-corrected chi connectivity index (χ0v) is 23.6. The fourth-order valence-electron chi connectivity index (χ4n) is 6.15. The first-order valence-corrected chi connectivity index (χ1v) is 14.2. The molecule has 2 aromatic rings. The normalized spacial score (nSPS) is 26.1. The largest absolute Gasteiger partial charge is 0.481 e. The van der Waals surface area contributed by atoms with Gasteiger partial charge in [-0.15, -0.1) is 0 Å². The number of nitrogens with zero attached hydrogens (tertiary/aromatic N) is 3. The molecule has 2 saturated carbocycles. The lowest BCUT2D eigenvalue weighted by Crippen LogP contribution is -2.55. The maximum atomic E-state index is 14.4. The van der Waals surface area contributed by atoms with E-state index >= 15 is 0 Å². The Bertz CT molecular complexity index is 1300. The summed E-state index contributed by atoms with van der Waals surface area (Å²) in [6.07, 6.45) is -1.31. The van der Waals surface area contributed by atoms with E-state index in [4.69, 9.17) is 15.2 Å². The zero-order chi connectivity index (χ0) is 30.3. The topological polar surface area (TPSA) is 135 Å². The average molecular weight is 597 g/mol. The number of hydrogen-bond acceptors (Lipinski definition) is 7. The van der Waals surface area contributed by atoms with Gasteiger partial charge in [0, 0.05) is 41.7 Å². The van der Waals surface area contributed by atoms with Crippen LogP contribution >= 0.6 is 0 Å². The van der Waals surface area contributed by atoms with Crippen molar-refractivity contribution in [2.24, 2.45) is 11.7 Å². The molecule has 1 spiro atoms. The summed E-state index contributed by atoms with van der Waals surface area (Å²) < 4.78 is 66.3. The van der Waals surface area contributed by atoms with E-state index in [2.05, 4.69) is 20.5 Å². The van der Waals surface area contributed by atoms with Crippen LogP contribution in [0.3, 0.4) is 0 Å². The van der Waals surface area contributed by atoms with E-state index in [1.807, 2.05) is 0 Å². The fourth-order valence-corrected chi connectivity index (χ4v) is 6.15. The van der Waals surface area contributed by atoms with Crippen LogP contribution in [0.25, 0.3) is 11.3 Å². The molecular formula is C28H36F4N6O4. The number of methoxy groups -OCH3 is 1. The van der Waals surface area contributed by atoms with Gasteiger partial charge in [0.25, 0.3) is 5.91 Å². The number of aromatic amines is 1. The van der Waals surface area contributed by atoms with Crippen molar-refractivity contribution in [3.8, 4) is 17.1 Å². The summed E-state index contributed by atoms with van der Waals surface area (Å²) in [4.78, 5) is 32.2. The summed E-state index contributed by atoms with van der Waals surface area (Å²) in [7, 11) is 1.42. The highest BCUT2D eigenvalue weighted by Crippen LogP contribution is 2.51. The number of pyridine rings is 1. The maximum Gasteiger partial charge on any atom is 0.417 e. The minimum absolute atomic E-state index is 0.135. The van der Waals surface area contributed by atoms with Crippen LogP contribution in [0.1, 0.15) is 68.8 Å². The van der Waals surface area contributed by atoms with Gasteiger partial charge >= 0.3 is 6.18 Å². The Labute approximate surface area is 240 Å². The molecule has 1 saturated heterocycles. The number of carbonyl (C=O) groups is 2. The molecule has 14 heteroatoms. The molecule has 0 unspecified atom stereocenters. The van der Waals surface area contributed by atoms with E-state index in [9.17, 15) is 27.2 Å². The number of H-pyrrole nitrogens is 1. The number of piperidine rings is 1. The van der Waals surface area contributed by atoms with E-state index in [0.29, 0.717) is 25.1 Å². The Hall–Kier alpha value is -3.26. The van der Waals surface area contributed by atoms with E-state index in [1.54, 1.807) is 11.8 Å². The van der Waals surface area contributed by atoms with Gasteiger partial charge in [-0.3, -0.25) is 14.7 Å². The molecule has 2 amide bonds. The highest BCUT2D eigenvalue weighted by Gasteiger charge is 2.58. The van der Waals surface area contributed by atoms with Gasteiger partial charge in [-0.25, -0.2) is 9.37 Å². The molecule has 2 aromatic heterocycles. The third-order valence-corrected chi connectivity index (χ3v) is 8.75. The second-order valence-corrected chi connectivity index (χ2v) is 11.8. The monoisotopic (exact) mass is 596 g/mol. The molecule has 5 rings (SSSR count). The van der Waals surface area contributed by atoms with Crippen molar-refractivity contribution < 1.29 is 36.6 Å². The van der Waals surface area contributed by atoms with Gasteiger partial charge in [0.1, 0.15) is 0 Å². The molecule has 3 fully saturated rings. The smallest absolute Gasteiger partial charge is 0.417 e. The lowest BCUT2D eigenvalue weighted by Gasteiger charge is -2.42. The van der Waals surface area contributed by atoms with Gasteiger partial charge in [0.05, 0.1) is 25.6 Å². The standard InChI is InChI=1S/C28H36F4N6O4/c1-16(33)15-42-27(28(30,31)32)6-3-18(4-7-27)35-24(39)17-5-10-38(26(13-17)8-9-26)25(40)22-12-21(36-37-22)19-11-23(41-2)34-14-20(19)29/h11-12,14,16-18H,3-10,13,15,33H2,1-2H3,(H,35,39)(H,36,37)/t16-,17-,18?,27?/m0/s1. The molecule has 42 heavy (non-hydrogen) atoms. The molecule has 0 radical (unpaired) electrons. The molecule has 2 aliphatic carbocycles. The van der Waals surface area contributed by atoms with E-state index in [-0.39, 0.29) is 73.2 Å². The van der Waals surface area contributed by atoms with Crippen LogP contribution in [0, 0.1) is 11.7 Å². The van der Waals surface area contributed by atoms with Crippen LogP contribution in [0.2, 0.25) is 0 Å². The van der Waals surface area contributed by atoms with Crippen LogP contribution in [-0.2, 0) is 9.53 Å². The summed E-state index contributed by atoms with van der Waals surface area (Å²) in [5, 5.41) is 9.79. The van der Waals surface area contributed by atoms with Gasteiger partial charge in [-0.2, -0.15) is 18.3 Å². The quantitative estimate of drug-likeness (QED) is 0.395. The third kappa shape index (κ3) is 5.96. The average Bonchev–Trinajstić information content (AvgIpc) is 3.53. The fraction of sp³-hybridized carbons (Fsp3) is 0.643. The Morgan fingerprint density at radius 3 is 2.55 bits per heavy atom. The minimum Gasteiger partial charge on any atom is -0.481 e. The predicted molar refractivity (Wildman–Crippen MR) is 143 cm³/mol. The van der Waals surface area contributed by atoms with Gasteiger partial charge < -0.3 is 25.4 Å². The van der Waals surface area contributed by atoms with Crippen molar-refractivity contribution in [2.75, 3.05) is 20.3 Å². The van der Waals surface area contributed by atoms with Crippen molar-refractivity contribution in [1.29, 1.82) is 0 Å². The maximum absolute atomic E-state index is 14.4. The second kappa shape index (κ2) is 11.4. The number of ether oxygens (including phenoxy) is 2. The lowest BCUT2D eigenvalue weighted by molar-refractivity contribution is -0.289. The van der Waals surface area contributed by atoms with Gasteiger partial charge in [0.2, 0.25) is 11.8 Å². The Balaban J connectivity index is 1.18. The summed E-state index contributed by atoms with van der Waals surface area (Å²) >= 11 is 0. The van der Waals surface area contributed by atoms with Gasteiger partial charge in [0.15, 0.2) is 17.1 Å². The minimum atomic E-state index is -4.52. The number of amides is 2. The van der Waals surface area contributed by atoms with E-state index < -0.39 is 29.2 Å². The first-order valence-electron chi connectivity index (χ1n) is 14.2. The van der Waals surface area contributed by atoms with Gasteiger partial charge in [-0.1, -0.05) is 0 Å². The summed E-state index contributed by atoms with van der Waals surface area (Å²) in [5.41, 5.74) is 3.52. The molecule has 230 valence electrons. The Morgan fingerprint density at radius 1 is 1.21 bits per heavy atom. The molecule has 1 aliphatic heterocycles. The lowest BCUT2D eigenvalue weighted by atomic mass is 9.80. The van der Waals surface area contributed by atoms with Crippen molar-refractivity contribution >= 4 is 11.8 Å². The summed E-state index contributed by atoms with van der Waals surface area (Å²) in [5.74, 6) is -1.23. The molecule has 4 N–H and O–H groups in total. The highest BCUT2D eigenvalue weighted by molar-refractivity contribution is 5.94. The van der Waals surface area contributed by atoms with Crippen LogP contribution < -0.4 is 15.8 Å². The molecule has 3 aliphatic rings. The van der Waals surface area contributed by atoms with E-state index in [1.165, 1.54) is 19.2 Å². The number of nitrogens with one attached hydrogen (secondary N) is 2. The SMILES string of the molecule is COc1cc(-c2cc(C(=O)N3CC[C@H](C(=O)NC4CCC(OC[C@H](C)N)(C(F)(F)F)CC4)CC34CC4)n[nH]2)c(F)cn1. The number of likely N-dealkylation sites (tertiary alicyclic amines) is 1. The zero-order valence-electron chi connectivity index (χ0n) is 23.6. The van der Waals surface area contributed by atoms with E-state index in [0.717, 1.165) is 19.0 Å². The number of halogens is 4.